The molecule has 0 radical (unpaired) electrons. The molecule has 98 valence electrons. The first-order valence-corrected chi connectivity index (χ1v) is 5.48. The summed E-state index contributed by atoms with van der Waals surface area (Å²) in [4.78, 5) is 21.9. The molecule has 0 aliphatic heterocycles. The van der Waals surface area contributed by atoms with Crippen molar-refractivity contribution in [1.29, 1.82) is 0 Å². The molecule has 0 N–H and O–H groups in total. The van der Waals surface area contributed by atoms with Gasteiger partial charge < -0.3 is 14.2 Å². The number of methoxy groups -OCH3 is 2. The van der Waals surface area contributed by atoms with Crippen molar-refractivity contribution in [2.45, 2.75) is 13.0 Å². The van der Waals surface area contributed by atoms with Crippen molar-refractivity contribution >= 4 is 23.9 Å². The SMILES string of the molecule is COC(=O)[C@H](C)Oc1c(Cl)cc(C=O)cc1OC. The van der Waals surface area contributed by atoms with Crippen molar-refractivity contribution in [2.75, 3.05) is 14.2 Å². The summed E-state index contributed by atoms with van der Waals surface area (Å²) in [6, 6.07) is 2.90. The van der Waals surface area contributed by atoms with E-state index in [0.717, 1.165) is 0 Å². The number of hydrogen-bond acceptors (Lipinski definition) is 5. The van der Waals surface area contributed by atoms with Crippen LogP contribution in [0.1, 0.15) is 17.3 Å². The average Bonchev–Trinajstić information content (AvgIpc) is 2.39. The zero-order valence-electron chi connectivity index (χ0n) is 10.2. The first kappa shape index (κ1) is 14.3. The fourth-order valence-electron chi connectivity index (χ4n) is 1.31. The highest BCUT2D eigenvalue weighted by Crippen LogP contribution is 2.36. The summed E-state index contributed by atoms with van der Waals surface area (Å²) in [7, 11) is 2.67. The zero-order valence-corrected chi connectivity index (χ0v) is 11.0. The van der Waals surface area contributed by atoms with Gasteiger partial charge in [-0.2, -0.15) is 0 Å². The molecular weight excluding hydrogens is 260 g/mol. The summed E-state index contributed by atoms with van der Waals surface area (Å²) in [6.07, 6.45) is -0.189. The topological polar surface area (TPSA) is 61.8 Å². The van der Waals surface area contributed by atoms with Crippen LogP contribution in [0.25, 0.3) is 0 Å². The molecule has 0 spiro atoms. The molecule has 0 amide bonds. The van der Waals surface area contributed by atoms with Crippen molar-refractivity contribution < 1.29 is 23.8 Å². The molecule has 0 aliphatic carbocycles. The highest BCUT2D eigenvalue weighted by Gasteiger charge is 2.20. The van der Waals surface area contributed by atoms with Crippen LogP contribution in [-0.2, 0) is 9.53 Å². The maximum absolute atomic E-state index is 11.3. The van der Waals surface area contributed by atoms with Gasteiger partial charge in [0.15, 0.2) is 17.6 Å². The molecule has 0 aliphatic rings. The number of hydrogen-bond donors (Lipinski definition) is 0. The van der Waals surface area contributed by atoms with Gasteiger partial charge in [-0.3, -0.25) is 4.79 Å². The number of carbonyl (C=O) groups is 2. The molecule has 18 heavy (non-hydrogen) atoms. The van der Waals surface area contributed by atoms with E-state index < -0.39 is 12.1 Å². The third-order valence-corrected chi connectivity index (χ3v) is 2.50. The predicted octanol–water partition coefficient (Wildman–Crippen LogP) is 2.10. The molecule has 1 atom stereocenters. The lowest BCUT2D eigenvalue weighted by molar-refractivity contribution is -0.147. The first-order valence-electron chi connectivity index (χ1n) is 5.10. The Balaban J connectivity index is 3.08. The number of rotatable bonds is 5. The van der Waals surface area contributed by atoms with Gasteiger partial charge in [-0.1, -0.05) is 11.6 Å². The van der Waals surface area contributed by atoms with E-state index in [1.54, 1.807) is 0 Å². The average molecular weight is 273 g/mol. The van der Waals surface area contributed by atoms with Gasteiger partial charge in [0.05, 0.1) is 19.2 Å². The maximum atomic E-state index is 11.3. The van der Waals surface area contributed by atoms with Crippen LogP contribution in [0, 0.1) is 0 Å². The van der Waals surface area contributed by atoms with E-state index in [9.17, 15) is 9.59 Å². The molecule has 1 rings (SSSR count). The second kappa shape index (κ2) is 6.26. The fourth-order valence-corrected chi connectivity index (χ4v) is 1.58. The monoisotopic (exact) mass is 272 g/mol. The minimum absolute atomic E-state index is 0.187. The molecule has 0 bridgehead atoms. The minimum Gasteiger partial charge on any atom is -0.493 e. The second-order valence-corrected chi connectivity index (χ2v) is 3.84. The van der Waals surface area contributed by atoms with Gasteiger partial charge in [-0.05, 0) is 19.1 Å². The van der Waals surface area contributed by atoms with E-state index in [2.05, 4.69) is 4.74 Å². The van der Waals surface area contributed by atoms with Crippen LogP contribution in [0.2, 0.25) is 5.02 Å². The fraction of sp³-hybridized carbons (Fsp3) is 0.333. The zero-order chi connectivity index (χ0) is 13.7. The van der Waals surface area contributed by atoms with Gasteiger partial charge >= 0.3 is 5.97 Å². The molecule has 0 fully saturated rings. The number of ether oxygens (including phenoxy) is 3. The van der Waals surface area contributed by atoms with Crippen molar-refractivity contribution in [3.8, 4) is 11.5 Å². The number of esters is 1. The molecule has 0 heterocycles. The molecule has 0 aromatic heterocycles. The lowest BCUT2D eigenvalue weighted by Gasteiger charge is -2.16. The van der Waals surface area contributed by atoms with E-state index in [0.29, 0.717) is 11.8 Å². The van der Waals surface area contributed by atoms with Gasteiger partial charge in [0.1, 0.15) is 6.29 Å². The van der Waals surface area contributed by atoms with Gasteiger partial charge in [0.2, 0.25) is 0 Å². The number of halogens is 1. The van der Waals surface area contributed by atoms with E-state index >= 15 is 0 Å². The van der Waals surface area contributed by atoms with Gasteiger partial charge in [0, 0.05) is 5.56 Å². The van der Waals surface area contributed by atoms with E-state index in [1.165, 1.54) is 33.3 Å². The highest BCUT2D eigenvalue weighted by molar-refractivity contribution is 6.32. The lowest BCUT2D eigenvalue weighted by atomic mass is 10.2. The van der Waals surface area contributed by atoms with Crippen LogP contribution >= 0.6 is 11.6 Å². The summed E-state index contributed by atoms with van der Waals surface area (Å²) in [5.74, 6) is -0.0596. The largest absolute Gasteiger partial charge is 0.493 e. The number of carbonyl (C=O) groups excluding carboxylic acids is 2. The maximum Gasteiger partial charge on any atom is 0.346 e. The van der Waals surface area contributed by atoms with Gasteiger partial charge in [-0.25, -0.2) is 4.79 Å². The minimum atomic E-state index is -0.830. The van der Waals surface area contributed by atoms with E-state index in [1.807, 2.05) is 0 Å². The summed E-state index contributed by atoms with van der Waals surface area (Å²) >= 11 is 5.97. The van der Waals surface area contributed by atoms with Crippen molar-refractivity contribution in [1.82, 2.24) is 0 Å². The molecule has 0 saturated carbocycles. The Morgan fingerprint density at radius 3 is 2.56 bits per heavy atom. The smallest absolute Gasteiger partial charge is 0.346 e. The third kappa shape index (κ3) is 3.13. The van der Waals surface area contributed by atoms with Crippen LogP contribution in [0.3, 0.4) is 0 Å². The van der Waals surface area contributed by atoms with E-state index in [-0.39, 0.29) is 16.5 Å². The Bertz CT molecular complexity index is 458. The van der Waals surface area contributed by atoms with Crippen LogP contribution < -0.4 is 9.47 Å². The number of benzene rings is 1. The van der Waals surface area contributed by atoms with Crippen molar-refractivity contribution in [3.63, 3.8) is 0 Å². The lowest BCUT2D eigenvalue weighted by Crippen LogP contribution is -2.25. The van der Waals surface area contributed by atoms with E-state index in [4.69, 9.17) is 21.1 Å². The summed E-state index contributed by atoms with van der Waals surface area (Å²) in [5.41, 5.74) is 0.356. The van der Waals surface area contributed by atoms with Crippen molar-refractivity contribution in [2.24, 2.45) is 0 Å². The Labute approximate surface area is 110 Å². The molecule has 0 unspecified atom stereocenters. The Morgan fingerprint density at radius 1 is 1.39 bits per heavy atom. The predicted molar refractivity (Wildman–Crippen MR) is 65.5 cm³/mol. The molecule has 1 aromatic rings. The quantitative estimate of drug-likeness (QED) is 0.607. The summed E-state index contributed by atoms with van der Waals surface area (Å²) < 4.78 is 15.0. The Morgan fingerprint density at radius 2 is 2.06 bits per heavy atom. The highest BCUT2D eigenvalue weighted by atomic mass is 35.5. The summed E-state index contributed by atoms with van der Waals surface area (Å²) in [5, 5.41) is 0.187. The van der Waals surface area contributed by atoms with Crippen LogP contribution in [0.4, 0.5) is 0 Å². The molecule has 6 heteroatoms. The normalized spacial score (nSPS) is 11.6. The molecule has 0 saturated heterocycles. The standard InChI is InChI=1S/C12H13ClO5/c1-7(12(15)17-3)18-11-9(13)4-8(6-14)5-10(11)16-2/h4-7H,1-3H3/t7-/m0/s1. The Kier molecular flexibility index (Phi) is 4.97. The van der Waals surface area contributed by atoms with Crippen LogP contribution in [0.5, 0.6) is 11.5 Å². The second-order valence-electron chi connectivity index (χ2n) is 3.44. The number of aldehydes is 1. The van der Waals surface area contributed by atoms with Crippen LogP contribution in [-0.4, -0.2) is 32.6 Å². The Hall–Kier alpha value is -1.75. The summed E-state index contributed by atoms with van der Waals surface area (Å²) in [6.45, 7) is 1.52. The van der Waals surface area contributed by atoms with Gasteiger partial charge in [-0.15, -0.1) is 0 Å². The molecule has 5 nitrogen and oxygen atoms in total. The first-order chi connectivity index (χ1) is 8.53. The van der Waals surface area contributed by atoms with Gasteiger partial charge in [0.25, 0.3) is 0 Å². The molecule has 1 aromatic carbocycles. The van der Waals surface area contributed by atoms with Crippen LogP contribution in [0.15, 0.2) is 12.1 Å². The third-order valence-electron chi connectivity index (χ3n) is 2.22. The van der Waals surface area contributed by atoms with Crippen molar-refractivity contribution in [3.05, 3.63) is 22.7 Å². The molecular formula is C12H13ClO5.